The van der Waals surface area contributed by atoms with E-state index >= 15 is 0 Å². The second kappa shape index (κ2) is 9.04. The Hall–Kier alpha value is -2.70. The Balaban J connectivity index is 1.56. The second-order valence-electron chi connectivity index (χ2n) is 7.30. The number of benzene rings is 2. The molecule has 176 valence electrons. The summed E-state index contributed by atoms with van der Waals surface area (Å²) in [6.07, 6.45) is -17.2. The third-order valence-electron chi connectivity index (χ3n) is 5.01. The maximum Gasteiger partial charge on any atom is 0.434 e. The van der Waals surface area contributed by atoms with Crippen LogP contribution in [0.1, 0.15) is 6.42 Å². The van der Waals surface area contributed by atoms with E-state index in [0.717, 1.165) is 15.1 Å². The van der Waals surface area contributed by atoms with Crippen LogP contribution in [0.25, 0.3) is 10.8 Å². The first kappa shape index (κ1) is 24.0. The fourth-order valence-electron chi connectivity index (χ4n) is 3.34. The van der Waals surface area contributed by atoms with Crippen molar-refractivity contribution in [3.8, 4) is 0 Å². The lowest BCUT2D eigenvalue weighted by Gasteiger charge is -2.39. The van der Waals surface area contributed by atoms with Gasteiger partial charge in [-0.05, 0) is 35.2 Å². The summed E-state index contributed by atoms with van der Waals surface area (Å²) in [5.74, 6) is -0.296. The van der Waals surface area contributed by atoms with E-state index < -0.39 is 35.4 Å². The van der Waals surface area contributed by atoms with Crippen LogP contribution in [0.5, 0.6) is 0 Å². The number of halogens is 6. The van der Waals surface area contributed by atoms with Crippen molar-refractivity contribution in [1.82, 2.24) is 4.90 Å². The molecular weight excluding hydrogens is 466 g/mol. The molecule has 13 heteroatoms. The van der Waals surface area contributed by atoms with Crippen molar-refractivity contribution in [3.05, 3.63) is 42.5 Å². The van der Waals surface area contributed by atoms with Crippen molar-refractivity contribution in [2.75, 3.05) is 23.9 Å². The molecule has 2 aromatic rings. The van der Waals surface area contributed by atoms with Gasteiger partial charge in [0, 0.05) is 19.6 Å². The van der Waals surface area contributed by atoms with Crippen LogP contribution in [0.3, 0.4) is 0 Å². The average Bonchev–Trinajstić information content (AvgIpc) is 2.65. The first-order valence-electron chi connectivity index (χ1n) is 9.36. The Kier molecular flexibility index (Phi) is 6.77. The fraction of sp³-hybridized carbons (Fsp3) is 0.421. The van der Waals surface area contributed by atoms with E-state index in [2.05, 4.69) is 4.74 Å². The van der Waals surface area contributed by atoms with Gasteiger partial charge in [-0.1, -0.05) is 30.3 Å². The molecule has 1 aliphatic rings. The highest BCUT2D eigenvalue weighted by atomic mass is 32.2. The fourth-order valence-corrected chi connectivity index (χ4v) is 3.93. The van der Waals surface area contributed by atoms with E-state index in [0.29, 0.717) is 10.6 Å². The maximum absolute atomic E-state index is 12.5. The molecule has 6 nitrogen and oxygen atoms in total. The van der Waals surface area contributed by atoms with Crippen molar-refractivity contribution in [2.24, 2.45) is 5.92 Å². The third-order valence-corrected chi connectivity index (χ3v) is 5.83. The predicted molar refractivity (Wildman–Crippen MR) is 104 cm³/mol. The number of ether oxygens (including phenoxy) is 1. The van der Waals surface area contributed by atoms with Gasteiger partial charge in [0.15, 0.2) is 0 Å². The SMILES string of the molecule is O=C(OC(C(F)(F)F)C(F)(F)F)N1CC(CCN(c2ccc3ccccc3c2)[SH](=O)=O)C1. The first-order valence-corrected chi connectivity index (χ1v) is 10.5. The minimum atomic E-state index is -5.78. The number of carbonyl (C=O) groups is 1. The minimum Gasteiger partial charge on any atom is -0.426 e. The van der Waals surface area contributed by atoms with Crippen LogP contribution in [0, 0.1) is 5.92 Å². The van der Waals surface area contributed by atoms with Crippen LogP contribution in [-0.2, 0) is 15.6 Å². The average molecular weight is 484 g/mol. The Bertz CT molecular complexity index is 1030. The lowest BCUT2D eigenvalue weighted by atomic mass is 9.97. The molecule has 1 saturated heterocycles. The van der Waals surface area contributed by atoms with Crippen molar-refractivity contribution in [2.45, 2.75) is 24.9 Å². The number of carbonyl (C=O) groups excluding carboxylic acids is 1. The van der Waals surface area contributed by atoms with Crippen LogP contribution in [-0.4, -0.2) is 57.5 Å². The highest BCUT2D eigenvalue weighted by Gasteiger charge is 2.60. The lowest BCUT2D eigenvalue weighted by Crippen LogP contribution is -2.54. The number of rotatable bonds is 6. The van der Waals surface area contributed by atoms with E-state index in [4.69, 9.17) is 0 Å². The Morgan fingerprint density at radius 2 is 1.62 bits per heavy atom. The maximum atomic E-state index is 12.5. The van der Waals surface area contributed by atoms with Gasteiger partial charge in [0.05, 0.1) is 5.69 Å². The third kappa shape index (κ3) is 5.56. The standard InChI is InChI=1S/C19H18F6N2O4S/c20-18(21,22)16(19(23,24)25)31-17(28)26-10-12(11-26)7-8-27(32(29)30)15-6-5-13-3-1-2-4-14(13)9-15/h1-6,9,12,16,32H,7-8,10-11H2. The number of anilines is 1. The van der Waals surface area contributed by atoms with E-state index in [1.165, 1.54) is 0 Å². The van der Waals surface area contributed by atoms with Gasteiger partial charge in [0.25, 0.3) is 6.10 Å². The van der Waals surface area contributed by atoms with Gasteiger partial charge >= 0.3 is 18.4 Å². The van der Waals surface area contributed by atoms with Gasteiger partial charge in [-0.2, -0.15) is 26.3 Å². The topological polar surface area (TPSA) is 66.9 Å². The largest absolute Gasteiger partial charge is 0.434 e. The van der Waals surface area contributed by atoms with Gasteiger partial charge in [0.2, 0.25) is 10.9 Å². The Labute approximate surface area is 180 Å². The van der Waals surface area contributed by atoms with Crippen LogP contribution in [0.15, 0.2) is 42.5 Å². The predicted octanol–water partition coefficient (Wildman–Crippen LogP) is 4.12. The first-order chi connectivity index (χ1) is 14.9. The van der Waals surface area contributed by atoms with Gasteiger partial charge < -0.3 is 9.64 Å². The number of hydrogen-bond donors (Lipinski definition) is 1. The molecule has 1 amide bonds. The molecule has 1 heterocycles. The summed E-state index contributed by atoms with van der Waals surface area (Å²) in [4.78, 5) is 12.4. The Morgan fingerprint density at radius 3 is 2.19 bits per heavy atom. The summed E-state index contributed by atoms with van der Waals surface area (Å²) in [6.45, 7) is -0.233. The van der Waals surface area contributed by atoms with E-state index in [9.17, 15) is 39.6 Å². The van der Waals surface area contributed by atoms with Gasteiger partial charge in [-0.3, -0.25) is 4.31 Å². The number of fused-ring (bicyclic) bond motifs is 1. The van der Waals surface area contributed by atoms with Gasteiger partial charge in [0.1, 0.15) is 0 Å². The van der Waals surface area contributed by atoms with Gasteiger partial charge in [-0.15, -0.1) is 0 Å². The zero-order valence-corrected chi connectivity index (χ0v) is 17.2. The molecule has 0 spiro atoms. The molecule has 2 aromatic carbocycles. The Morgan fingerprint density at radius 1 is 1.03 bits per heavy atom. The summed E-state index contributed by atoms with van der Waals surface area (Å²) in [6, 6.07) is 12.4. The molecule has 0 aromatic heterocycles. The molecule has 1 aliphatic heterocycles. The van der Waals surface area contributed by atoms with Crippen molar-refractivity contribution >= 4 is 33.4 Å². The van der Waals surface area contributed by atoms with E-state index in [-0.39, 0.29) is 32.0 Å². The monoisotopic (exact) mass is 484 g/mol. The quantitative estimate of drug-likeness (QED) is 0.495. The molecule has 1 fully saturated rings. The van der Waals surface area contributed by atoms with Crippen molar-refractivity contribution in [1.29, 1.82) is 0 Å². The number of amides is 1. The van der Waals surface area contributed by atoms with Crippen LogP contribution >= 0.6 is 0 Å². The molecule has 3 rings (SSSR count). The molecular formula is C19H18F6N2O4S. The molecule has 0 saturated carbocycles. The summed E-state index contributed by atoms with van der Waals surface area (Å²) in [7, 11) is -2.99. The molecule has 0 unspecified atom stereocenters. The normalized spacial score (nSPS) is 15.3. The van der Waals surface area contributed by atoms with Crippen LogP contribution < -0.4 is 4.31 Å². The van der Waals surface area contributed by atoms with Crippen molar-refractivity contribution in [3.63, 3.8) is 0 Å². The smallest absolute Gasteiger partial charge is 0.426 e. The van der Waals surface area contributed by atoms with Gasteiger partial charge in [-0.25, -0.2) is 13.2 Å². The summed E-state index contributed by atoms with van der Waals surface area (Å²) in [5.41, 5.74) is 0.425. The summed E-state index contributed by atoms with van der Waals surface area (Å²) >= 11 is 0. The number of alkyl halides is 6. The second-order valence-corrected chi connectivity index (χ2v) is 8.26. The van der Waals surface area contributed by atoms with Crippen molar-refractivity contribution < 1.29 is 44.3 Å². The molecule has 0 atom stereocenters. The van der Waals surface area contributed by atoms with Crippen LogP contribution in [0.2, 0.25) is 0 Å². The number of nitrogens with zero attached hydrogens (tertiary/aromatic N) is 2. The van der Waals surface area contributed by atoms with E-state index in [1.54, 1.807) is 24.3 Å². The summed E-state index contributed by atoms with van der Waals surface area (Å²) in [5, 5.41) is 1.75. The molecule has 0 bridgehead atoms. The highest BCUT2D eigenvalue weighted by molar-refractivity contribution is 7.74. The number of thiol groups is 1. The summed E-state index contributed by atoms with van der Waals surface area (Å²) < 4.78 is 103. The molecule has 0 aliphatic carbocycles. The zero-order chi connectivity index (χ0) is 23.7. The molecule has 32 heavy (non-hydrogen) atoms. The van der Waals surface area contributed by atoms with E-state index in [1.807, 2.05) is 18.2 Å². The zero-order valence-electron chi connectivity index (χ0n) is 16.3. The minimum absolute atomic E-state index is 0.0400. The highest BCUT2D eigenvalue weighted by Crippen LogP contribution is 2.36. The van der Waals surface area contributed by atoms with Crippen LogP contribution in [0.4, 0.5) is 36.8 Å². The molecule has 0 N–H and O–H groups in total. The molecule has 0 radical (unpaired) electrons. The number of hydrogen-bond acceptors (Lipinski definition) is 4. The number of likely N-dealkylation sites (tertiary alicyclic amines) is 1. The lowest BCUT2D eigenvalue weighted by molar-refractivity contribution is -0.309.